The van der Waals surface area contributed by atoms with Crippen molar-refractivity contribution in [2.45, 2.75) is 38.2 Å². The summed E-state index contributed by atoms with van der Waals surface area (Å²) < 4.78 is 5.77. The van der Waals surface area contributed by atoms with Crippen LogP contribution in [-0.2, 0) is 4.74 Å². The summed E-state index contributed by atoms with van der Waals surface area (Å²) in [6, 6.07) is 9.37. The van der Waals surface area contributed by atoms with Gasteiger partial charge in [0.2, 0.25) is 0 Å². The molecule has 18 heavy (non-hydrogen) atoms. The lowest BCUT2D eigenvalue weighted by molar-refractivity contribution is -0.0873. The van der Waals surface area contributed by atoms with Gasteiger partial charge in [-0.1, -0.05) is 18.2 Å². The SMILES string of the molecule is O=C(O[C@H]1C[C@H]2CC[C@]23CC[C@H]13)c1ccccc1. The van der Waals surface area contributed by atoms with Crippen LogP contribution in [0.25, 0.3) is 0 Å². The van der Waals surface area contributed by atoms with E-state index >= 15 is 0 Å². The number of esters is 1. The standard InChI is InChI=1S/C16H18O2/c17-15(11-4-2-1-3-5-11)18-14-10-12-6-8-16(12)9-7-13(14)16/h1-5,12-14H,6-10H2/t12-,13-,14+,16+/m1/s1. The topological polar surface area (TPSA) is 26.3 Å². The van der Waals surface area contributed by atoms with Crippen molar-refractivity contribution in [3.8, 4) is 0 Å². The molecular formula is C16H18O2. The van der Waals surface area contributed by atoms with Crippen LogP contribution in [0.4, 0.5) is 0 Å². The quantitative estimate of drug-likeness (QED) is 0.743. The smallest absolute Gasteiger partial charge is 0.338 e. The van der Waals surface area contributed by atoms with Crippen LogP contribution in [0.3, 0.4) is 0 Å². The molecule has 0 unspecified atom stereocenters. The molecular weight excluding hydrogens is 224 g/mol. The summed E-state index contributed by atoms with van der Waals surface area (Å²) in [4.78, 5) is 12.1. The van der Waals surface area contributed by atoms with E-state index in [0.29, 0.717) is 16.9 Å². The largest absolute Gasteiger partial charge is 0.458 e. The maximum absolute atomic E-state index is 12.1. The van der Waals surface area contributed by atoms with Gasteiger partial charge >= 0.3 is 5.97 Å². The van der Waals surface area contributed by atoms with Crippen LogP contribution in [0.5, 0.6) is 0 Å². The minimum atomic E-state index is -0.135. The zero-order chi connectivity index (χ0) is 12.2. The molecule has 1 aromatic rings. The van der Waals surface area contributed by atoms with Crippen molar-refractivity contribution in [2.24, 2.45) is 17.3 Å². The third kappa shape index (κ3) is 1.26. The Morgan fingerprint density at radius 1 is 1.17 bits per heavy atom. The van der Waals surface area contributed by atoms with E-state index in [1.54, 1.807) is 0 Å². The molecule has 3 aliphatic carbocycles. The van der Waals surface area contributed by atoms with E-state index in [9.17, 15) is 4.79 Å². The Bertz CT molecular complexity index is 477. The fourth-order valence-electron chi connectivity index (χ4n) is 4.48. The fourth-order valence-corrected chi connectivity index (χ4v) is 4.48. The Hall–Kier alpha value is -1.31. The van der Waals surface area contributed by atoms with Crippen molar-refractivity contribution in [1.29, 1.82) is 0 Å². The molecule has 0 N–H and O–H groups in total. The van der Waals surface area contributed by atoms with Crippen LogP contribution in [0.2, 0.25) is 0 Å². The Balaban J connectivity index is 1.48. The highest BCUT2D eigenvalue weighted by Crippen LogP contribution is 2.70. The van der Waals surface area contributed by atoms with Crippen LogP contribution in [0.15, 0.2) is 30.3 Å². The predicted octanol–water partition coefficient (Wildman–Crippen LogP) is 3.42. The summed E-state index contributed by atoms with van der Waals surface area (Å²) in [6.45, 7) is 0. The maximum Gasteiger partial charge on any atom is 0.338 e. The van der Waals surface area contributed by atoms with Gasteiger partial charge in [0.1, 0.15) is 6.10 Å². The zero-order valence-electron chi connectivity index (χ0n) is 10.5. The third-order valence-corrected chi connectivity index (χ3v) is 5.66. The first-order valence-corrected chi connectivity index (χ1v) is 7.06. The normalized spacial score (nSPS) is 40.1. The van der Waals surface area contributed by atoms with E-state index in [-0.39, 0.29) is 12.1 Å². The molecule has 94 valence electrons. The average Bonchev–Trinajstić information content (AvgIpc) is 2.46. The molecule has 0 heterocycles. The van der Waals surface area contributed by atoms with Gasteiger partial charge < -0.3 is 4.74 Å². The summed E-state index contributed by atoms with van der Waals surface area (Å²) in [6.07, 6.45) is 6.69. The van der Waals surface area contributed by atoms with Crippen LogP contribution in [0.1, 0.15) is 42.5 Å². The summed E-state index contributed by atoms with van der Waals surface area (Å²) in [7, 11) is 0. The van der Waals surface area contributed by atoms with Gasteiger partial charge in [-0.3, -0.25) is 0 Å². The molecule has 3 fully saturated rings. The Morgan fingerprint density at radius 3 is 2.50 bits per heavy atom. The fraction of sp³-hybridized carbons (Fsp3) is 0.562. The highest BCUT2D eigenvalue weighted by molar-refractivity contribution is 5.89. The molecule has 2 heteroatoms. The number of carbonyl (C=O) groups is 1. The summed E-state index contributed by atoms with van der Waals surface area (Å²) in [5.41, 5.74) is 1.28. The van der Waals surface area contributed by atoms with E-state index in [2.05, 4.69) is 0 Å². The van der Waals surface area contributed by atoms with Gasteiger partial charge in [0, 0.05) is 5.92 Å². The van der Waals surface area contributed by atoms with E-state index in [1.807, 2.05) is 30.3 Å². The highest BCUT2D eigenvalue weighted by atomic mass is 16.5. The van der Waals surface area contributed by atoms with E-state index in [0.717, 1.165) is 12.3 Å². The number of benzene rings is 1. The van der Waals surface area contributed by atoms with Crippen molar-refractivity contribution >= 4 is 5.97 Å². The van der Waals surface area contributed by atoms with Crippen molar-refractivity contribution in [2.75, 3.05) is 0 Å². The van der Waals surface area contributed by atoms with Crippen LogP contribution < -0.4 is 0 Å². The number of hydrogen-bond donors (Lipinski definition) is 0. The summed E-state index contributed by atoms with van der Waals surface area (Å²) in [5, 5.41) is 0. The van der Waals surface area contributed by atoms with Gasteiger partial charge in [0.25, 0.3) is 0 Å². The van der Waals surface area contributed by atoms with Crippen molar-refractivity contribution < 1.29 is 9.53 Å². The molecule has 3 aliphatic rings. The minimum absolute atomic E-state index is 0.135. The van der Waals surface area contributed by atoms with Crippen molar-refractivity contribution in [3.63, 3.8) is 0 Å². The van der Waals surface area contributed by atoms with Gasteiger partial charge in [-0.25, -0.2) is 4.79 Å². The maximum atomic E-state index is 12.1. The van der Waals surface area contributed by atoms with Crippen LogP contribution in [-0.4, -0.2) is 12.1 Å². The molecule has 0 aromatic heterocycles. The lowest BCUT2D eigenvalue weighted by Gasteiger charge is -2.56. The molecule has 0 bridgehead atoms. The molecule has 4 atom stereocenters. The van der Waals surface area contributed by atoms with Gasteiger partial charge in [-0.15, -0.1) is 0 Å². The second kappa shape index (κ2) is 3.59. The number of ether oxygens (including phenoxy) is 1. The number of hydrogen-bond acceptors (Lipinski definition) is 2. The van der Waals surface area contributed by atoms with Crippen LogP contribution in [0, 0.1) is 17.3 Å². The molecule has 1 aromatic carbocycles. The van der Waals surface area contributed by atoms with Gasteiger partial charge in [0.15, 0.2) is 0 Å². The third-order valence-electron chi connectivity index (χ3n) is 5.66. The first-order valence-electron chi connectivity index (χ1n) is 7.06. The molecule has 2 nitrogen and oxygen atoms in total. The molecule has 4 rings (SSSR count). The van der Waals surface area contributed by atoms with E-state index < -0.39 is 0 Å². The molecule has 0 saturated heterocycles. The van der Waals surface area contributed by atoms with Crippen molar-refractivity contribution in [3.05, 3.63) is 35.9 Å². The average molecular weight is 242 g/mol. The monoisotopic (exact) mass is 242 g/mol. The number of carbonyl (C=O) groups excluding carboxylic acids is 1. The lowest BCUT2D eigenvalue weighted by atomic mass is 9.48. The summed E-state index contributed by atoms with van der Waals surface area (Å²) in [5.74, 6) is 1.39. The van der Waals surface area contributed by atoms with Gasteiger partial charge in [-0.2, -0.15) is 0 Å². The summed E-state index contributed by atoms with van der Waals surface area (Å²) >= 11 is 0. The van der Waals surface area contributed by atoms with Crippen LogP contribution >= 0.6 is 0 Å². The molecule has 0 aliphatic heterocycles. The molecule has 0 amide bonds. The Labute approximate surface area is 107 Å². The van der Waals surface area contributed by atoms with E-state index in [4.69, 9.17) is 4.74 Å². The first-order chi connectivity index (χ1) is 8.79. The zero-order valence-corrected chi connectivity index (χ0v) is 10.5. The number of rotatable bonds is 2. The van der Waals surface area contributed by atoms with Gasteiger partial charge in [-0.05, 0) is 55.6 Å². The van der Waals surface area contributed by atoms with Crippen molar-refractivity contribution in [1.82, 2.24) is 0 Å². The lowest BCUT2D eigenvalue weighted by Crippen LogP contribution is -2.49. The minimum Gasteiger partial charge on any atom is -0.458 e. The Morgan fingerprint density at radius 2 is 1.94 bits per heavy atom. The highest BCUT2D eigenvalue weighted by Gasteiger charge is 2.65. The second-order valence-corrected chi connectivity index (χ2v) is 6.16. The molecule has 1 spiro atoms. The van der Waals surface area contributed by atoms with Gasteiger partial charge in [0.05, 0.1) is 5.56 Å². The second-order valence-electron chi connectivity index (χ2n) is 6.16. The Kier molecular flexibility index (Phi) is 2.12. The molecule has 3 saturated carbocycles. The predicted molar refractivity (Wildman–Crippen MR) is 68.1 cm³/mol. The molecule has 0 radical (unpaired) electrons. The first kappa shape index (κ1) is 10.6. The van der Waals surface area contributed by atoms with E-state index in [1.165, 1.54) is 25.7 Å².